The fourth-order valence-corrected chi connectivity index (χ4v) is 7.12. The number of ether oxygens (including phenoxy) is 3. The van der Waals surface area contributed by atoms with Crippen LogP contribution in [0, 0.1) is 0 Å². The van der Waals surface area contributed by atoms with Gasteiger partial charge in [-0.15, -0.1) is 0 Å². The van der Waals surface area contributed by atoms with Crippen molar-refractivity contribution in [3.63, 3.8) is 0 Å². The molecule has 0 aromatic rings. The van der Waals surface area contributed by atoms with E-state index in [-0.39, 0.29) is 31.1 Å². The number of carbonyl (C=O) groups is 3. The van der Waals surface area contributed by atoms with E-state index in [1.54, 1.807) is 0 Å². The second kappa shape index (κ2) is 52.9. The molecule has 0 amide bonds. The van der Waals surface area contributed by atoms with E-state index < -0.39 is 6.10 Å². The average Bonchev–Trinajstić information content (AvgIpc) is 3.30. The molecule has 0 aliphatic carbocycles. The van der Waals surface area contributed by atoms with Gasteiger partial charge >= 0.3 is 17.9 Å². The zero-order valence-corrected chi connectivity index (χ0v) is 42.2. The SMILES string of the molecule is CC\C=C/C=C\C=C/C=C\CCCCCCCC(=O)OC(COC(=O)CCCCCCCC/C=C\C=C/CCCCC)COC(=O)CCCCCCCCC/C=C\C/C=C\CCCCC. The molecule has 0 fully saturated rings. The van der Waals surface area contributed by atoms with Crippen molar-refractivity contribution in [2.75, 3.05) is 13.2 Å². The van der Waals surface area contributed by atoms with Crippen LogP contribution < -0.4 is 0 Å². The number of carbonyl (C=O) groups excluding carboxylic acids is 3. The molecule has 0 spiro atoms. The molecule has 0 heterocycles. The quantitative estimate of drug-likeness (QED) is 0.0199. The largest absolute Gasteiger partial charge is 0.462 e. The summed E-state index contributed by atoms with van der Waals surface area (Å²) >= 11 is 0. The molecule has 6 heteroatoms. The van der Waals surface area contributed by atoms with Crippen LogP contribution in [-0.4, -0.2) is 37.2 Å². The smallest absolute Gasteiger partial charge is 0.306 e. The second-order valence-corrected chi connectivity index (χ2v) is 17.5. The van der Waals surface area contributed by atoms with Crippen LogP contribution in [0.25, 0.3) is 0 Å². The van der Waals surface area contributed by atoms with Crippen molar-refractivity contribution in [1.29, 1.82) is 0 Å². The Morgan fingerprint density at radius 1 is 0.338 bits per heavy atom. The summed E-state index contributed by atoms with van der Waals surface area (Å²) < 4.78 is 16.8. The van der Waals surface area contributed by atoms with Crippen LogP contribution in [0.1, 0.15) is 239 Å². The summed E-state index contributed by atoms with van der Waals surface area (Å²) in [5.41, 5.74) is 0. The molecule has 0 aliphatic heterocycles. The van der Waals surface area contributed by atoms with Crippen LogP contribution in [0.4, 0.5) is 0 Å². The van der Waals surface area contributed by atoms with Crippen molar-refractivity contribution >= 4 is 17.9 Å². The lowest BCUT2D eigenvalue weighted by molar-refractivity contribution is -0.167. The third-order valence-corrected chi connectivity index (χ3v) is 11.2. The van der Waals surface area contributed by atoms with Crippen molar-refractivity contribution in [2.45, 2.75) is 245 Å². The van der Waals surface area contributed by atoms with E-state index in [2.05, 4.69) is 99.8 Å². The molecular formula is C59H98O6. The minimum Gasteiger partial charge on any atom is -0.462 e. The average molecular weight is 903 g/mol. The predicted octanol–water partition coefficient (Wildman–Crippen LogP) is 17.8. The third kappa shape index (κ3) is 51.2. The van der Waals surface area contributed by atoms with E-state index in [0.29, 0.717) is 19.3 Å². The molecule has 0 aromatic heterocycles. The molecule has 0 N–H and O–H groups in total. The van der Waals surface area contributed by atoms with E-state index in [0.717, 1.165) is 103 Å². The molecule has 6 nitrogen and oxygen atoms in total. The summed E-state index contributed by atoms with van der Waals surface area (Å²) in [4.78, 5) is 38.1. The molecule has 65 heavy (non-hydrogen) atoms. The molecule has 0 aromatic carbocycles. The summed E-state index contributed by atoms with van der Waals surface area (Å²) in [6.07, 6.45) is 69.5. The number of rotatable bonds is 47. The minimum atomic E-state index is -0.799. The van der Waals surface area contributed by atoms with E-state index in [1.807, 2.05) is 18.2 Å². The first-order valence-electron chi connectivity index (χ1n) is 26.8. The molecule has 1 atom stereocenters. The summed E-state index contributed by atoms with van der Waals surface area (Å²) in [5, 5.41) is 0. The molecule has 0 saturated carbocycles. The lowest BCUT2D eigenvalue weighted by Gasteiger charge is -2.18. The molecule has 370 valence electrons. The third-order valence-electron chi connectivity index (χ3n) is 11.2. The number of hydrogen-bond acceptors (Lipinski definition) is 6. The van der Waals surface area contributed by atoms with Gasteiger partial charge in [0.2, 0.25) is 0 Å². The van der Waals surface area contributed by atoms with Gasteiger partial charge in [-0.3, -0.25) is 14.4 Å². The van der Waals surface area contributed by atoms with Gasteiger partial charge < -0.3 is 14.2 Å². The van der Waals surface area contributed by atoms with Gasteiger partial charge in [0.1, 0.15) is 13.2 Å². The van der Waals surface area contributed by atoms with Gasteiger partial charge in [0.25, 0.3) is 0 Å². The van der Waals surface area contributed by atoms with Crippen LogP contribution in [0.5, 0.6) is 0 Å². The molecule has 0 bridgehead atoms. The van der Waals surface area contributed by atoms with Gasteiger partial charge in [-0.1, -0.05) is 221 Å². The van der Waals surface area contributed by atoms with E-state index in [4.69, 9.17) is 14.2 Å². The highest BCUT2D eigenvalue weighted by atomic mass is 16.6. The topological polar surface area (TPSA) is 78.9 Å². The highest BCUT2D eigenvalue weighted by Crippen LogP contribution is 2.14. The van der Waals surface area contributed by atoms with Gasteiger partial charge in [0.15, 0.2) is 6.10 Å². The molecular weight excluding hydrogens is 805 g/mol. The highest BCUT2D eigenvalue weighted by molar-refractivity contribution is 5.71. The Hall–Kier alpha value is -3.67. The fourth-order valence-electron chi connectivity index (χ4n) is 7.12. The Morgan fingerprint density at radius 3 is 1.08 bits per heavy atom. The second-order valence-electron chi connectivity index (χ2n) is 17.5. The zero-order chi connectivity index (χ0) is 47.2. The van der Waals surface area contributed by atoms with Gasteiger partial charge in [0.05, 0.1) is 0 Å². The molecule has 0 saturated heterocycles. The lowest BCUT2D eigenvalue weighted by Crippen LogP contribution is -2.30. The minimum absolute atomic E-state index is 0.0963. The summed E-state index contributed by atoms with van der Waals surface area (Å²) in [6.45, 7) is 6.41. The molecule has 0 rings (SSSR count). The van der Waals surface area contributed by atoms with E-state index in [1.165, 1.54) is 96.3 Å². The maximum Gasteiger partial charge on any atom is 0.306 e. The van der Waals surface area contributed by atoms with Crippen LogP contribution >= 0.6 is 0 Å². The normalized spacial score (nSPS) is 12.8. The molecule has 0 aliphatic rings. The standard InChI is InChI=1S/C59H98O6/c1-4-7-10-13-16-19-22-25-28-29-32-34-37-40-43-46-49-52-58(61)64-55-56(65-59(62)53-50-47-44-41-38-35-31-27-24-21-18-15-12-9-6-3)54-63-57(60)51-48-45-42-39-36-33-30-26-23-20-17-14-11-8-5-2/h9,12,15-21,23-28,31,56H,4-8,10-11,13-14,22,29-30,32-55H2,1-3H3/b12-9-,18-15-,19-16-,20-17-,24-21-,26-23-,28-25-,31-27-. The van der Waals surface area contributed by atoms with Crippen molar-refractivity contribution in [2.24, 2.45) is 0 Å². The van der Waals surface area contributed by atoms with Crippen LogP contribution in [0.3, 0.4) is 0 Å². The van der Waals surface area contributed by atoms with Crippen molar-refractivity contribution in [3.05, 3.63) is 97.2 Å². The Balaban J connectivity index is 4.46. The maximum absolute atomic E-state index is 12.8. The van der Waals surface area contributed by atoms with Crippen LogP contribution in [0.15, 0.2) is 97.2 Å². The maximum atomic E-state index is 12.8. The first-order chi connectivity index (χ1) is 32.0. The fraction of sp³-hybridized carbons (Fsp3) is 0.678. The highest BCUT2D eigenvalue weighted by Gasteiger charge is 2.19. The predicted molar refractivity (Wildman–Crippen MR) is 279 cm³/mol. The summed E-state index contributed by atoms with van der Waals surface area (Å²) in [7, 11) is 0. The monoisotopic (exact) mass is 903 g/mol. The first kappa shape index (κ1) is 61.3. The number of esters is 3. The summed E-state index contributed by atoms with van der Waals surface area (Å²) in [5.74, 6) is -0.940. The lowest BCUT2D eigenvalue weighted by atomic mass is 10.1. The Labute approximate surface area is 400 Å². The van der Waals surface area contributed by atoms with Crippen LogP contribution in [-0.2, 0) is 28.6 Å². The van der Waals surface area contributed by atoms with Crippen molar-refractivity contribution < 1.29 is 28.6 Å². The number of allylic oxidation sites excluding steroid dienone is 16. The van der Waals surface area contributed by atoms with Gasteiger partial charge in [-0.2, -0.15) is 0 Å². The van der Waals surface area contributed by atoms with Gasteiger partial charge in [-0.25, -0.2) is 0 Å². The molecule has 0 radical (unpaired) electrons. The van der Waals surface area contributed by atoms with Gasteiger partial charge in [-0.05, 0) is 96.3 Å². The number of hydrogen-bond donors (Lipinski definition) is 0. The summed E-state index contributed by atoms with van der Waals surface area (Å²) in [6, 6.07) is 0. The Kier molecular flexibility index (Phi) is 50.0. The van der Waals surface area contributed by atoms with Crippen molar-refractivity contribution in [1.82, 2.24) is 0 Å². The number of unbranched alkanes of at least 4 members (excludes halogenated alkanes) is 24. The van der Waals surface area contributed by atoms with Crippen LogP contribution in [0.2, 0.25) is 0 Å². The van der Waals surface area contributed by atoms with E-state index in [9.17, 15) is 14.4 Å². The van der Waals surface area contributed by atoms with Gasteiger partial charge in [0, 0.05) is 19.3 Å². The zero-order valence-electron chi connectivity index (χ0n) is 42.2. The van der Waals surface area contributed by atoms with E-state index >= 15 is 0 Å². The van der Waals surface area contributed by atoms with Crippen molar-refractivity contribution in [3.8, 4) is 0 Å². The Morgan fingerprint density at radius 2 is 0.662 bits per heavy atom. The first-order valence-corrected chi connectivity index (χ1v) is 26.8. The molecule has 1 unspecified atom stereocenters. The Bertz CT molecular complexity index is 1310.